The average Bonchev–Trinajstić information content (AvgIpc) is 2.65. The van der Waals surface area contributed by atoms with Crippen LogP contribution in [0.2, 0.25) is 16.6 Å². The minimum absolute atomic E-state index is 0.460. The minimum Gasteiger partial charge on any atom is -0.543 e. The average molecular weight is 401 g/mol. The van der Waals surface area contributed by atoms with Crippen molar-refractivity contribution in [2.45, 2.75) is 71.1 Å². The number of pyridine rings is 1. The van der Waals surface area contributed by atoms with Gasteiger partial charge in [-0.05, 0) is 40.9 Å². The second kappa shape index (κ2) is 10.1. The summed E-state index contributed by atoms with van der Waals surface area (Å²) in [5.41, 5.74) is 9.19. The van der Waals surface area contributed by atoms with Gasteiger partial charge in [-0.2, -0.15) is 0 Å². The molecule has 154 valence electrons. The van der Waals surface area contributed by atoms with Gasteiger partial charge in [-0.3, -0.25) is 4.98 Å². The van der Waals surface area contributed by atoms with Crippen molar-refractivity contribution in [1.29, 1.82) is 0 Å². The van der Waals surface area contributed by atoms with E-state index < -0.39 is 8.32 Å². The number of hydrogen-bond donors (Lipinski definition) is 1. The molecule has 1 aromatic heterocycles. The van der Waals surface area contributed by atoms with Crippen LogP contribution < -0.4 is 14.9 Å². The molecule has 0 saturated carbocycles. The summed E-state index contributed by atoms with van der Waals surface area (Å²) < 4.78 is 12.7. The summed E-state index contributed by atoms with van der Waals surface area (Å²) in [5, 5.41) is 0. The van der Waals surface area contributed by atoms with E-state index in [1.807, 2.05) is 42.5 Å². The molecular weight excluding hydrogens is 364 g/mol. The number of nitrogens with zero attached hydrogens (tertiary/aromatic N) is 1. The van der Waals surface area contributed by atoms with Crippen molar-refractivity contribution in [1.82, 2.24) is 4.98 Å². The molecule has 0 bridgehead atoms. The number of rotatable bonds is 10. The second-order valence-electron chi connectivity index (χ2n) is 8.32. The molecule has 2 rings (SSSR count). The largest absolute Gasteiger partial charge is 0.543 e. The second-order valence-corrected chi connectivity index (χ2v) is 13.7. The lowest BCUT2D eigenvalue weighted by molar-refractivity contribution is 0.319. The summed E-state index contributed by atoms with van der Waals surface area (Å²) >= 11 is 0. The van der Waals surface area contributed by atoms with Crippen molar-refractivity contribution >= 4 is 8.32 Å². The molecule has 0 aliphatic rings. The van der Waals surface area contributed by atoms with E-state index in [-0.39, 0.29) is 0 Å². The van der Waals surface area contributed by atoms with Gasteiger partial charge in [0.15, 0.2) is 0 Å². The molecule has 28 heavy (non-hydrogen) atoms. The Morgan fingerprint density at radius 2 is 1.43 bits per heavy atom. The molecule has 0 amide bonds. The predicted octanol–water partition coefficient (Wildman–Crippen LogP) is 5.72. The summed E-state index contributed by atoms with van der Waals surface area (Å²) in [7, 11) is -1.96. The number of hydrogen-bond acceptors (Lipinski definition) is 4. The van der Waals surface area contributed by atoms with E-state index in [0.29, 0.717) is 29.8 Å². The van der Waals surface area contributed by atoms with Gasteiger partial charge in [0.1, 0.15) is 11.5 Å². The zero-order valence-electron chi connectivity index (χ0n) is 18.2. The molecule has 4 nitrogen and oxygen atoms in total. The van der Waals surface area contributed by atoms with E-state index in [4.69, 9.17) is 14.9 Å². The molecule has 2 N–H and O–H groups in total. The zero-order chi connectivity index (χ0) is 20.7. The molecule has 0 unspecified atom stereocenters. The third kappa shape index (κ3) is 5.36. The fraction of sp³-hybridized carbons (Fsp3) is 0.522. The first-order valence-electron chi connectivity index (χ1n) is 10.4. The molecule has 5 heteroatoms. The highest BCUT2D eigenvalue weighted by atomic mass is 28.4. The van der Waals surface area contributed by atoms with E-state index in [1.54, 1.807) is 0 Å². The van der Waals surface area contributed by atoms with Gasteiger partial charge in [0, 0.05) is 24.7 Å². The highest BCUT2D eigenvalue weighted by Gasteiger charge is 2.47. The van der Waals surface area contributed by atoms with Crippen LogP contribution in [0.1, 0.15) is 52.9 Å². The Labute approximate surface area is 171 Å². The topological polar surface area (TPSA) is 57.4 Å². The van der Waals surface area contributed by atoms with Crippen molar-refractivity contribution in [3.63, 3.8) is 0 Å². The highest BCUT2D eigenvalue weighted by Crippen LogP contribution is 2.43. The lowest BCUT2D eigenvalue weighted by Crippen LogP contribution is -2.50. The first-order valence-corrected chi connectivity index (χ1v) is 12.5. The summed E-state index contributed by atoms with van der Waals surface area (Å²) in [5.74, 6) is 1.76. The fourth-order valence-electron chi connectivity index (χ4n) is 4.24. The van der Waals surface area contributed by atoms with Gasteiger partial charge in [0.05, 0.1) is 12.3 Å². The molecule has 0 atom stereocenters. The van der Waals surface area contributed by atoms with Crippen LogP contribution in [0, 0.1) is 0 Å². The number of nitrogens with two attached hydrogens (primary N) is 1. The van der Waals surface area contributed by atoms with E-state index in [2.05, 4.69) is 46.5 Å². The summed E-state index contributed by atoms with van der Waals surface area (Å²) in [4.78, 5) is 4.52. The van der Waals surface area contributed by atoms with Crippen LogP contribution in [0.4, 0.5) is 0 Å². The van der Waals surface area contributed by atoms with Crippen molar-refractivity contribution in [2.24, 2.45) is 5.73 Å². The van der Waals surface area contributed by atoms with E-state index in [0.717, 1.165) is 29.3 Å². The molecular formula is C23H36N2O2Si. The maximum absolute atomic E-state index is 6.75. The smallest absolute Gasteiger partial charge is 0.258 e. The lowest BCUT2D eigenvalue weighted by atomic mass is 10.2. The minimum atomic E-state index is -1.96. The Morgan fingerprint density at radius 1 is 0.857 bits per heavy atom. The Balaban J connectivity index is 2.06. The molecule has 0 saturated heterocycles. The van der Waals surface area contributed by atoms with Gasteiger partial charge in [-0.25, -0.2) is 0 Å². The van der Waals surface area contributed by atoms with Gasteiger partial charge >= 0.3 is 0 Å². The maximum Gasteiger partial charge on any atom is 0.258 e. The van der Waals surface area contributed by atoms with Gasteiger partial charge in [-0.1, -0.05) is 53.7 Å². The van der Waals surface area contributed by atoms with E-state index in [1.165, 1.54) is 0 Å². The molecule has 0 spiro atoms. The predicted molar refractivity (Wildman–Crippen MR) is 119 cm³/mol. The molecule has 2 aromatic rings. The van der Waals surface area contributed by atoms with Gasteiger partial charge in [0.2, 0.25) is 0 Å². The number of aromatic nitrogens is 1. The third-order valence-corrected chi connectivity index (χ3v) is 11.5. The SMILES string of the molecule is CC(C)[Si](Oc1cccc(OCCc2cccc(CN)n2)c1)(C(C)C)C(C)C. The van der Waals surface area contributed by atoms with Crippen LogP contribution in [0.25, 0.3) is 0 Å². The van der Waals surface area contributed by atoms with Crippen molar-refractivity contribution < 1.29 is 9.16 Å². The Kier molecular flexibility index (Phi) is 8.07. The maximum atomic E-state index is 6.75. The molecule has 0 fully saturated rings. The van der Waals surface area contributed by atoms with Crippen molar-refractivity contribution in [3.8, 4) is 11.5 Å². The first-order chi connectivity index (χ1) is 13.3. The third-order valence-electron chi connectivity index (χ3n) is 5.51. The lowest BCUT2D eigenvalue weighted by Gasteiger charge is -2.42. The molecule has 0 aliphatic heterocycles. The summed E-state index contributed by atoms with van der Waals surface area (Å²) in [6.07, 6.45) is 0.752. The number of benzene rings is 1. The van der Waals surface area contributed by atoms with Crippen LogP contribution in [-0.2, 0) is 13.0 Å². The molecule has 1 heterocycles. The van der Waals surface area contributed by atoms with Gasteiger partial charge in [-0.15, -0.1) is 0 Å². The summed E-state index contributed by atoms with van der Waals surface area (Å²) in [6, 6.07) is 14.0. The van der Waals surface area contributed by atoms with Crippen LogP contribution in [0.5, 0.6) is 11.5 Å². The Bertz CT molecular complexity index is 725. The highest BCUT2D eigenvalue weighted by molar-refractivity contribution is 6.78. The number of ether oxygens (including phenoxy) is 1. The zero-order valence-corrected chi connectivity index (χ0v) is 19.2. The first kappa shape index (κ1) is 22.4. The van der Waals surface area contributed by atoms with Crippen LogP contribution in [-0.4, -0.2) is 19.9 Å². The monoisotopic (exact) mass is 400 g/mol. The standard InChI is InChI=1S/C23H36N2O2Si/c1-17(2)28(18(3)4,19(5)6)27-23-12-8-11-22(15-23)26-14-13-20-9-7-10-21(16-24)25-20/h7-12,15,17-19H,13-14,16,24H2,1-6H3. The van der Waals surface area contributed by atoms with Gasteiger partial charge < -0.3 is 14.9 Å². The van der Waals surface area contributed by atoms with Crippen LogP contribution in [0.15, 0.2) is 42.5 Å². The quantitative estimate of drug-likeness (QED) is 0.518. The van der Waals surface area contributed by atoms with Crippen molar-refractivity contribution in [3.05, 3.63) is 53.9 Å². The fourth-order valence-corrected chi connectivity index (χ4v) is 9.48. The van der Waals surface area contributed by atoms with E-state index in [9.17, 15) is 0 Å². The van der Waals surface area contributed by atoms with E-state index >= 15 is 0 Å². The van der Waals surface area contributed by atoms with Gasteiger partial charge in [0.25, 0.3) is 8.32 Å². The molecule has 0 aliphatic carbocycles. The van der Waals surface area contributed by atoms with Crippen molar-refractivity contribution in [2.75, 3.05) is 6.61 Å². The normalized spacial score (nSPS) is 12.1. The van der Waals surface area contributed by atoms with Crippen LogP contribution >= 0.6 is 0 Å². The Morgan fingerprint density at radius 3 is 2.04 bits per heavy atom. The summed E-state index contributed by atoms with van der Waals surface area (Å²) in [6.45, 7) is 14.8. The molecule has 0 radical (unpaired) electrons. The molecule has 1 aromatic carbocycles. The Hall–Kier alpha value is -1.85. The van der Waals surface area contributed by atoms with Crippen LogP contribution in [0.3, 0.4) is 0 Å².